The van der Waals surface area contributed by atoms with Gasteiger partial charge in [-0.15, -0.1) is 0 Å². The molecule has 0 atom stereocenters. The standard InChI is InChI=1S/C15H18F3N7/c1-23(2)12-10-11(15(16,17)18)21-14(22-12)25-8-6-24(7-9-25)13-19-4-3-5-20-13/h3-5,10H,6-9H2,1-2H3. The van der Waals surface area contributed by atoms with Crippen molar-refractivity contribution in [1.82, 2.24) is 19.9 Å². The minimum atomic E-state index is -4.51. The van der Waals surface area contributed by atoms with Crippen LogP contribution in [0.25, 0.3) is 0 Å². The molecule has 0 aromatic carbocycles. The van der Waals surface area contributed by atoms with Crippen molar-refractivity contribution in [2.24, 2.45) is 0 Å². The summed E-state index contributed by atoms with van der Waals surface area (Å²) >= 11 is 0. The van der Waals surface area contributed by atoms with Gasteiger partial charge in [0.1, 0.15) is 5.82 Å². The maximum absolute atomic E-state index is 13.1. The third-order valence-electron chi connectivity index (χ3n) is 3.85. The summed E-state index contributed by atoms with van der Waals surface area (Å²) < 4.78 is 39.3. The summed E-state index contributed by atoms with van der Waals surface area (Å²) in [7, 11) is 3.30. The Kier molecular flexibility index (Phi) is 4.60. The van der Waals surface area contributed by atoms with Crippen LogP contribution in [0.15, 0.2) is 24.5 Å². The molecule has 134 valence electrons. The SMILES string of the molecule is CN(C)c1cc(C(F)(F)F)nc(N2CCN(c3ncccn3)CC2)n1. The smallest absolute Gasteiger partial charge is 0.363 e. The number of aromatic nitrogens is 4. The first-order valence-corrected chi connectivity index (χ1v) is 7.75. The molecule has 0 amide bonds. The van der Waals surface area contributed by atoms with E-state index in [2.05, 4.69) is 19.9 Å². The Hall–Kier alpha value is -2.65. The number of hydrogen-bond acceptors (Lipinski definition) is 7. The number of rotatable bonds is 3. The van der Waals surface area contributed by atoms with Gasteiger partial charge in [0.15, 0.2) is 5.69 Å². The Labute approximate surface area is 143 Å². The summed E-state index contributed by atoms with van der Waals surface area (Å²) in [5.41, 5.74) is -0.935. The van der Waals surface area contributed by atoms with E-state index in [-0.39, 0.29) is 11.8 Å². The van der Waals surface area contributed by atoms with Gasteiger partial charge in [0.05, 0.1) is 0 Å². The quantitative estimate of drug-likeness (QED) is 0.832. The highest BCUT2D eigenvalue weighted by atomic mass is 19.4. The minimum absolute atomic E-state index is 0.0900. The molecular formula is C15H18F3N7. The zero-order valence-electron chi connectivity index (χ0n) is 13.9. The van der Waals surface area contributed by atoms with E-state index >= 15 is 0 Å². The van der Waals surface area contributed by atoms with Crippen LogP contribution >= 0.6 is 0 Å². The fraction of sp³-hybridized carbons (Fsp3) is 0.467. The fourth-order valence-electron chi connectivity index (χ4n) is 2.50. The van der Waals surface area contributed by atoms with Crippen LogP contribution in [0.3, 0.4) is 0 Å². The molecule has 0 N–H and O–H groups in total. The average Bonchev–Trinajstić information content (AvgIpc) is 2.61. The Bertz CT molecular complexity index is 713. The first-order chi connectivity index (χ1) is 11.8. The second-order valence-corrected chi connectivity index (χ2v) is 5.83. The van der Waals surface area contributed by atoms with Crippen LogP contribution < -0.4 is 14.7 Å². The van der Waals surface area contributed by atoms with E-state index in [1.165, 1.54) is 4.90 Å². The highest BCUT2D eigenvalue weighted by Gasteiger charge is 2.35. The molecule has 25 heavy (non-hydrogen) atoms. The molecule has 3 rings (SSSR count). The molecule has 0 spiro atoms. The molecule has 0 unspecified atom stereocenters. The van der Waals surface area contributed by atoms with E-state index in [4.69, 9.17) is 0 Å². The van der Waals surface area contributed by atoms with Crippen molar-refractivity contribution in [3.05, 3.63) is 30.2 Å². The van der Waals surface area contributed by atoms with Crippen molar-refractivity contribution in [2.75, 3.05) is 55.0 Å². The van der Waals surface area contributed by atoms with Crippen molar-refractivity contribution in [3.63, 3.8) is 0 Å². The lowest BCUT2D eigenvalue weighted by Gasteiger charge is -2.35. The molecule has 2 aromatic rings. The van der Waals surface area contributed by atoms with E-state index in [0.29, 0.717) is 32.1 Å². The lowest BCUT2D eigenvalue weighted by atomic mass is 10.3. The first kappa shape index (κ1) is 17.2. The first-order valence-electron chi connectivity index (χ1n) is 7.75. The zero-order valence-corrected chi connectivity index (χ0v) is 13.9. The van der Waals surface area contributed by atoms with Crippen molar-refractivity contribution < 1.29 is 13.2 Å². The summed E-state index contributed by atoms with van der Waals surface area (Å²) in [5.74, 6) is 0.930. The van der Waals surface area contributed by atoms with E-state index in [1.807, 2.05) is 4.90 Å². The summed E-state index contributed by atoms with van der Waals surface area (Å²) in [5, 5.41) is 0. The topological polar surface area (TPSA) is 61.3 Å². The maximum atomic E-state index is 13.1. The van der Waals surface area contributed by atoms with Gasteiger partial charge in [0.25, 0.3) is 0 Å². The predicted octanol–water partition coefficient (Wildman–Crippen LogP) is 1.68. The Morgan fingerprint density at radius 2 is 1.48 bits per heavy atom. The number of halogens is 3. The van der Waals surface area contributed by atoms with E-state index in [1.54, 1.807) is 37.5 Å². The lowest BCUT2D eigenvalue weighted by Crippen LogP contribution is -2.47. The zero-order chi connectivity index (χ0) is 18.0. The van der Waals surface area contributed by atoms with Gasteiger partial charge in [-0.05, 0) is 6.07 Å². The van der Waals surface area contributed by atoms with Crippen molar-refractivity contribution in [2.45, 2.75) is 6.18 Å². The lowest BCUT2D eigenvalue weighted by molar-refractivity contribution is -0.141. The van der Waals surface area contributed by atoms with Gasteiger partial charge < -0.3 is 14.7 Å². The van der Waals surface area contributed by atoms with Gasteiger partial charge >= 0.3 is 6.18 Å². The number of hydrogen-bond donors (Lipinski definition) is 0. The number of piperazine rings is 1. The van der Waals surface area contributed by atoms with Crippen molar-refractivity contribution in [3.8, 4) is 0 Å². The highest BCUT2D eigenvalue weighted by molar-refractivity contribution is 5.47. The third kappa shape index (κ3) is 3.89. The molecule has 1 aliphatic heterocycles. The molecule has 0 radical (unpaired) electrons. The summed E-state index contributed by atoms with van der Waals surface area (Å²) in [6.07, 6.45) is -1.19. The minimum Gasteiger partial charge on any atom is -0.363 e. The van der Waals surface area contributed by atoms with Crippen LogP contribution in [0.5, 0.6) is 0 Å². The average molecular weight is 353 g/mol. The van der Waals surface area contributed by atoms with Crippen LogP contribution in [-0.4, -0.2) is 60.2 Å². The van der Waals surface area contributed by atoms with Gasteiger partial charge in [-0.3, -0.25) is 0 Å². The number of anilines is 3. The summed E-state index contributed by atoms with van der Waals surface area (Å²) in [6, 6.07) is 2.69. The Morgan fingerprint density at radius 1 is 0.920 bits per heavy atom. The van der Waals surface area contributed by atoms with Crippen LogP contribution in [0.4, 0.5) is 30.9 Å². The van der Waals surface area contributed by atoms with Gasteiger partial charge in [-0.2, -0.15) is 18.2 Å². The second kappa shape index (κ2) is 6.69. The molecule has 0 aliphatic carbocycles. The van der Waals surface area contributed by atoms with Gasteiger partial charge in [-0.1, -0.05) is 0 Å². The molecule has 2 aromatic heterocycles. The van der Waals surface area contributed by atoms with Gasteiger partial charge in [0, 0.05) is 58.7 Å². The largest absolute Gasteiger partial charge is 0.433 e. The van der Waals surface area contributed by atoms with Gasteiger partial charge in [0.2, 0.25) is 11.9 Å². The molecule has 0 saturated carbocycles. The molecule has 1 saturated heterocycles. The van der Waals surface area contributed by atoms with Crippen molar-refractivity contribution >= 4 is 17.7 Å². The molecule has 1 aliphatic rings. The fourth-order valence-corrected chi connectivity index (χ4v) is 2.50. The Morgan fingerprint density at radius 3 is 2.00 bits per heavy atom. The summed E-state index contributed by atoms with van der Waals surface area (Å²) in [4.78, 5) is 21.6. The molecule has 7 nitrogen and oxygen atoms in total. The Balaban J connectivity index is 1.79. The third-order valence-corrected chi connectivity index (χ3v) is 3.85. The summed E-state index contributed by atoms with van der Waals surface area (Å²) in [6.45, 7) is 2.15. The van der Waals surface area contributed by atoms with E-state index < -0.39 is 11.9 Å². The number of alkyl halides is 3. The van der Waals surface area contributed by atoms with Crippen LogP contribution in [0.2, 0.25) is 0 Å². The van der Waals surface area contributed by atoms with Crippen LogP contribution in [0, 0.1) is 0 Å². The predicted molar refractivity (Wildman–Crippen MR) is 87.8 cm³/mol. The number of nitrogens with zero attached hydrogens (tertiary/aromatic N) is 7. The molecular weight excluding hydrogens is 335 g/mol. The molecule has 0 bridgehead atoms. The maximum Gasteiger partial charge on any atom is 0.433 e. The molecule has 10 heteroatoms. The highest BCUT2D eigenvalue weighted by Crippen LogP contribution is 2.31. The van der Waals surface area contributed by atoms with Crippen LogP contribution in [0.1, 0.15) is 5.69 Å². The second-order valence-electron chi connectivity index (χ2n) is 5.83. The normalized spacial score (nSPS) is 15.4. The van der Waals surface area contributed by atoms with Gasteiger partial charge in [-0.25, -0.2) is 15.0 Å². The molecule has 3 heterocycles. The van der Waals surface area contributed by atoms with Crippen molar-refractivity contribution in [1.29, 1.82) is 0 Å². The van der Waals surface area contributed by atoms with E-state index in [9.17, 15) is 13.2 Å². The molecule has 1 fully saturated rings. The van der Waals surface area contributed by atoms with E-state index in [0.717, 1.165) is 6.07 Å². The monoisotopic (exact) mass is 353 g/mol. The van der Waals surface area contributed by atoms with Crippen LogP contribution in [-0.2, 0) is 6.18 Å².